The predicted octanol–water partition coefficient (Wildman–Crippen LogP) is 3.66. The van der Waals surface area contributed by atoms with Crippen LogP contribution < -0.4 is 5.32 Å². The lowest BCUT2D eigenvalue weighted by atomic mass is 9.95. The van der Waals surface area contributed by atoms with Gasteiger partial charge in [-0.2, -0.15) is 0 Å². The van der Waals surface area contributed by atoms with Gasteiger partial charge in [0.2, 0.25) is 5.91 Å². The molecule has 1 heterocycles. The SMILES string of the molecule is CC(=O)NCCN1C(=O)C(=O)C(=C(O)c2ccc(Cl)cc2)[C@H]1c1ccc(Br)cc1. The third kappa shape index (κ3) is 4.52. The van der Waals surface area contributed by atoms with Crippen LogP contribution in [-0.2, 0) is 14.4 Å². The molecule has 2 amide bonds. The zero-order chi connectivity index (χ0) is 21.1. The molecule has 1 aliphatic heterocycles. The minimum Gasteiger partial charge on any atom is -0.507 e. The van der Waals surface area contributed by atoms with Crippen molar-refractivity contribution in [3.05, 3.63) is 74.7 Å². The molecule has 29 heavy (non-hydrogen) atoms. The Labute approximate surface area is 181 Å². The highest BCUT2D eigenvalue weighted by Crippen LogP contribution is 2.39. The van der Waals surface area contributed by atoms with Crippen LogP contribution in [0.15, 0.2) is 58.6 Å². The number of aliphatic hydroxyl groups is 1. The van der Waals surface area contributed by atoms with E-state index in [9.17, 15) is 19.5 Å². The normalized spacial score (nSPS) is 18.2. The van der Waals surface area contributed by atoms with E-state index in [1.807, 2.05) is 0 Å². The van der Waals surface area contributed by atoms with Crippen molar-refractivity contribution in [2.45, 2.75) is 13.0 Å². The Balaban J connectivity index is 2.08. The number of ketones is 1. The first-order chi connectivity index (χ1) is 13.8. The third-order valence-corrected chi connectivity index (χ3v) is 5.35. The van der Waals surface area contributed by atoms with Crippen LogP contribution in [0.1, 0.15) is 24.1 Å². The van der Waals surface area contributed by atoms with Crippen LogP contribution >= 0.6 is 27.5 Å². The Morgan fingerprint density at radius 3 is 2.34 bits per heavy atom. The van der Waals surface area contributed by atoms with E-state index in [2.05, 4.69) is 21.2 Å². The number of Topliss-reactive ketones (excluding diaryl/α,β-unsaturated/α-hetero) is 1. The molecule has 8 heteroatoms. The molecule has 3 rings (SSSR count). The van der Waals surface area contributed by atoms with E-state index < -0.39 is 17.7 Å². The standard InChI is InChI=1S/C21H18BrClN2O4/c1-12(26)24-10-11-25-18(13-2-6-15(22)7-3-13)17(20(28)21(25)29)19(27)14-4-8-16(23)9-5-14/h2-9,18,27H,10-11H2,1H3,(H,24,26)/t18-/m1/s1. The smallest absolute Gasteiger partial charge is 0.295 e. The maximum atomic E-state index is 12.8. The van der Waals surface area contributed by atoms with E-state index in [0.29, 0.717) is 16.1 Å². The van der Waals surface area contributed by atoms with Gasteiger partial charge in [0.15, 0.2) is 0 Å². The summed E-state index contributed by atoms with van der Waals surface area (Å²) >= 11 is 9.28. The molecule has 1 saturated heterocycles. The van der Waals surface area contributed by atoms with Gasteiger partial charge in [0, 0.05) is 35.1 Å². The van der Waals surface area contributed by atoms with Crippen molar-refractivity contribution >= 4 is 50.9 Å². The summed E-state index contributed by atoms with van der Waals surface area (Å²) in [4.78, 5) is 38.1. The van der Waals surface area contributed by atoms with E-state index in [0.717, 1.165) is 4.47 Å². The van der Waals surface area contributed by atoms with Crippen molar-refractivity contribution in [3.63, 3.8) is 0 Å². The lowest BCUT2D eigenvalue weighted by Crippen LogP contribution is -2.37. The molecule has 1 fully saturated rings. The second-order valence-corrected chi connectivity index (χ2v) is 7.89. The molecular formula is C21H18BrClN2O4. The van der Waals surface area contributed by atoms with Crippen molar-refractivity contribution in [2.75, 3.05) is 13.1 Å². The molecule has 0 saturated carbocycles. The average Bonchev–Trinajstić information content (AvgIpc) is 2.93. The van der Waals surface area contributed by atoms with Crippen molar-refractivity contribution in [2.24, 2.45) is 0 Å². The van der Waals surface area contributed by atoms with Gasteiger partial charge in [-0.3, -0.25) is 14.4 Å². The van der Waals surface area contributed by atoms with Gasteiger partial charge in [-0.05, 0) is 42.0 Å². The molecule has 0 bridgehead atoms. The largest absolute Gasteiger partial charge is 0.507 e. The number of benzene rings is 2. The predicted molar refractivity (Wildman–Crippen MR) is 113 cm³/mol. The highest BCUT2D eigenvalue weighted by atomic mass is 79.9. The molecule has 0 radical (unpaired) electrons. The lowest BCUT2D eigenvalue weighted by Gasteiger charge is -2.25. The number of nitrogens with one attached hydrogen (secondary N) is 1. The molecule has 2 aromatic rings. The monoisotopic (exact) mass is 476 g/mol. The Morgan fingerprint density at radius 1 is 1.14 bits per heavy atom. The number of hydrogen-bond acceptors (Lipinski definition) is 4. The second kappa shape index (κ2) is 8.80. The van der Waals surface area contributed by atoms with E-state index in [1.54, 1.807) is 48.5 Å². The topological polar surface area (TPSA) is 86.7 Å². The Bertz CT molecular complexity index is 987. The molecule has 0 unspecified atom stereocenters. The van der Waals surface area contributed by atoms with E-state index in [-0.39, 0.29) is 30.3 Å². The van der Waals surface area contributed by atoms with Gasteiger partial charge in [-0.25, -0.2) is 0 Å². The maximum Gasteiger partial charge on any atom is 0.295 e. The number of carbonyl (C=O) groups excluding carboxylic acids is 3. The number of nitrogens with zero attached hydrogens (tertiary/aromatic N) is 1. The molecule has 2 N–H and O–H groups in total. The summed E-state index contributed by atoms with van der Waals surface area (Å²) < 4.78 is 0.842. The minimum atomic E-state index is -0.771. The van der Waals surface area contributed by atoms with Crippen molar-refractivity contribution in [1.82, 2.24) is 10.2 Å². The molecule has 0 aliphatic carbocycles. The fourth-order valence-electron chi connectivity index (χ4n) is 3.22. The van der Waals surface area contributed by atoms with E-state index in [1.165, 1.54) is 11.8 Å². The highest BCUT2D eigenvalue weighted by Gasteiger charge is 2.45. The number of carbonyl (C=O) groups is 3. The first kappa shape index (κ1) is 21.1. The van der Waals surface area contributed by atoms with Gasteiger partial charge in [0.1, 0.15) is 5.76 Å². The lowest BCUT2D eigenvalue weighted by molar-refractivity contribution is -0.139. The molecular weight excluding hydrogens is 460 g/mol. The molecule has 1 atom stereocenters. The molecule has 2 aromatic carbocycles. The first-order valence-electron chi connectivity index (χ1n) is 8.84. The van der Waals surface area contributed by atoms with Gasteiger partial charge in [-0.15, -0.1) is 0 Å². The minimum absolute atomic E-state index is 0.00229. The Hall–Kier alpha value is -2.64. The third-order valence-electron chi connectivity index (χ3n) is 4.57. The number of rotatable bonds is 5. The summed E-state index contributed by atoms with van der Waals surface area (Å²) in [7, 11) is 0. The van der Waals surface area contributed by atoms with Crippen molar-refractivity contribution < 1.29 is 19.5 Å². The van der Waals surface area contributed by atoms with Crippen LogP contribution in [0.4, 0.5) is 0 Å². The number of likely N-dealkylation sites (tertiary alicyclic amines) is 1. The number of halogens is 2. The van der Waals surface area contributed by atoms with Crippen molar-refractivity contribution in [1.29, 1.82) is 0 Å². The van der Waals surface area contributed by atoms with Gasteiger partial charge in [0.05, 0.1) is 11.6 Å². The first-order valence-corrected chi connectivity index (χ1v) is 10.0. The quantitative estimate of drug-likeness (QED) is 0.391. The Morgan fingerprint density at radius 2 is 1.76 bits per heavy atom. The molecule has 0 aromatic heterocycles. The van der Waals surface area contributed by atoms with Crippen LogP contribution in [0, 0.1) is 0 Å². The van der Waals surface area contributed by atoms with Gasteiger partial charge in [-0.1, -0.05) is 39.7 Å². The maximum absolute atomic E-state index is 12.8. The van der Waals surface area contributed by atoms with Crippen LogP contribution in [0.3, 0.4) is 0 Å². The average molecular weight is 478 g/mol. The molecule has 1 aliphatic rings. The number of aliphatic hydroxyl groups excluding tert-OH is 1. The second-order valence-electron chi connectivity index (χ2n) is 6.53. The fourth-order valence-corrected chi connectivity index (χ4v) is 3.61. The summed E-state index contributed by atoms with van der Waals surface area (Å²) in [6, 6.07) is 12.7. The van der Waals surface area contributed by atoms with Crippen LogP contribution in [0.25, 0.3) is 5.76 Å². The van der Waals surface area contributed by atoms with Gasteiger partial charge < -0.3 is 15.3 Å². The summed E-state index contributed by atoms with van der Waals surface area (Å²) in [5, 5.41) is 14.0. The molecule has 150 valence electrons. The van der Waals surface area contributed by atoms with Crippen LogP contribution in [0.5, 0.6) is 0 Å². The van der Waals surface area contributed by atoms with Gasteiger partial charge in [0.25, 0.3) is 11.7 Å². The summed E-state index contributed by atoms with van der Waals surface area (Å²) in [6.45, 7) is 1.69. The van der Waals surface area contributed by atoms with Gasteiger partial charge >= 0.3 is 0 Å². The Kier molecular flexibility index (Phi) is 6.39. The number of amides is 2. The highest BCUT2D eigenvalue weighted by molar-refractivity contribution is 9.10. The summed E-state index contributed by atoms with van der Waals surface area (Å²) in [6.07, 6.45) is 0. The van der Waals surface area contributed by atoms with Crippen LogP contribution in [-0.4, -0.2) is 40.7 Å². The van der Waals surface area contributed by atoms with Crippen LogP contribution in [0.2, 0.25) is 5.02 Å². The fraction of sp³-hybridized carbons (Fsp3) is 0.190. The zero-order valence-corrected chi connectivity index (χ0v) is 17.8. The van der Waals surface area contributed by atoms with Crippen molar-refractivity contribution in [3.8, 4) is 0 Å². The summed E-state index contributed by atoms with van der Waals surface area (Å²) in [5.74, 6) is -2.00. The molecule has 0 spiro atoms. The number of hydrogen-bond donors (Lipinski definition) is 2. The summed E-state index contributed by atoms with van der Waals surface area (Å²) in [5.41, 5.74) is 1.06. The van der Waals surface area contributed by atoms with E-state index >= 15 is 0 Å². The van der Waals surface area contributed by atoms with E-state index in [4.69, 9.17) is 11.6 Å². The molecule has 6 nitrogen and oxygen atoms in total. The zero-order valence-electron chi connectivity index (χ0n) is 15.5.